The quantitative estimate of drug-likeness (QED) is 0.649. The van der Waals surface area contributed by atoms with Crippen molar-refractivity contribution >= 4 is 5.91 Å². The summed E-state index contributed by atoms with van der Waals surface area (Å²) in [6.07, 6.45) is 0.0403. The molecule has 1 rings (SSSR count). The maximum absolute atomic E-state index is 11.0. The number of aliphatic hydroxyl groups is 1. The maximum Gasteiger partial charge on any atom is 0.248 e. The van der Waals surface area contributed by atoms with E-state index in [2.05, 4.69) is 12.2 Å². The normalized spacial score (nSPS) is 30.1. The molecular formula is C9H17NO3. The van der Waals surface area contributed by atoms with Crippen LogP contribution in [-0.4, -0.2) is 36.9 Å². The van der Waals surface area contributed by atoms with Gasteiger partial charge in [-0.05, 0) is 13.3 Å². The fraction of sp³-hybridized carbons (Fsp3) is 0.889. The van der Waals surface area contributed by atoms with Crippen LogP contribution in [0.4, 0.5) is 0 Å². The molecule has 0 aromatic carbocycles. The van der Waals surface area contributed by atoms with Gasteiger partial charge >= 0.3 is 0 Å². The van der Waals surface area contributed by atoms with Crippen LogP contribution in [0.3, 0.4) is 0 Å². The van der Waals surface area contributed by atoms with E-state index in [1.54, 1.807) is 0 Å². The van der Waals surface area contributed by atoms with Gasteiger partial charge in [0.2, 0.25) is 5.91 Å². The van der Waals surface area contributed by atoms with Crippen LogP contribution in [0.15, 0.2) is 0 Å². The number of rotatable bonds is 3. The van der Waals surface area contributed by atoms with Gasteiger partial charge in [-0.25, -0.2) is 0 Å². The average Bonchev–Trinajstić information content (AvgIpc) is 2.48. The van der Waals surface area contributed by atoms with Gasteiger partial charge in [0.1, 0.15) is 6.10 Å². The number of carbonyl (C=O) groups excluding carboxylic acids is 1. The Balaban J connectivity index is 2.29. The molecule has 0 aromatic rings. The first-order valence-electron chi connectivity index (χ1n) is 4.57. The van der Waals surface area contributed by atoms with Gasteiger partial charge in [-0.15, -0.1) is 0 Å². The zero-order chi connectivity index (χ0) is 9.90. The maximum atomic E-state index is 11.0. The van der Waals surface area contributed by atoms with Gasteiger partial charge in [-0.2, -0.15) is 0 Å². The third kappa shape index (κ3) is 2.97. The molecule has 2 atom stereocenters. The second kappa shape index (κ2) is 4.07. The van der Waals surface area contributed by atoms with Gasteiger partial charge in [-0.3, -0.25) is 4.79 Å². The Labute approximate surface area is 78.3 Å². The molecule has 0 saturated carbocycles. The smallest absolute Gasteiger partial charge is 0.248 e. The number of nitrogens with one attached hydrogen (secondary N) is 1. The lowest BCUT2D eigenvalue weighted by Crippen LogP contribution is -2.40. The van der Waals surface area contributed by atoms with Crippen molar-refractivity contribution in [1.29, 1.82) is 0 Å². The Bertz CT molecular complexity index is 185. The Morgan fingerprint density at radius 1 is 1.77 bits per heavy atom. The Morgan fingerprint density at radius 2 is 2.46 bits per heavy atom. The van der Waals surface area contributed by atoms with Crippen molar-refractivity contribution in [3.8, 4) is 0 Å². The Hall–Kier alpha value is -0.610. The third-order valence-electron chi connectivity index (χ3n) is 2.37. The van der Waals surface area contributed by atoms with Gasteiger partial charge in [-0.1, -0.05) is 6.92 Å². The summed E-state index contributed by atoms with van der Waals surface area (Å²) in [5, 5.41) is 11.6. The van der Waals surface area contributed by atoms with Gasteiger partial charge in [0.15, 0.2) is 0 Å². The number of amides is 1. The van der Waals surface area contributed by atoms with E-state index >= 15 is 0 Å². The van der Waals surface area contributed by atoms with Gasteiger partial charge < -0.3 is 15.2 Å². The minimum atomic E-state index is -0.925. The molecule has 0 bridgehead atoms. The molecule has 0 spiro atoms. The monoisotopic (exact) mass is 187 g/mol. The minimum Gasteiger partial charge on any atom is -0.384 e. The van der Waals surface area contributed by atoms with Crippen molar-refractivity contribution < 1.29 is 14.6 Å². The van der Waals surface area contributed by atoms with Crippen LogP contribution in [-0.2, 0) is 9.53 Å². The molecule has 1 unspecified atom stereocenters. The molecule has 1 aliphatic heterocycles. The number of aliphatic hydroxyl groups excluding tert-OH is 1. The average molecular weight is 187 g/mol. The van der Waals surface area contributed by atoms with E-state index in [9.17, 15) is 4.79 Å². The van der Waals surface area contributed by atoms with E-state index in [0.717, 1.165) is 13.0 Å². The summed E-state index contributed by atoms with van der Waals surface area (Å²) < 4.78 is 5.24. The number of hydrogen-bond donors (Lipinski definition) is 2. The summed E-state index contributed by atoms with van der Waals surface area (Å²) in [5.74, 6) is -0.312. The second-order valence-electron chi connectivity index (χ2n) is 4.01. The largest absolute Gasteiger partial charge is 0.384 e. The molecule has 1 fully saturated rings. The van der Waals surface area contributed by atoms with Crippen LogP contribution in [0, 0.1) is 5.41 Å². The first-order valence-corrected chi connectivity index (χ1v) is 4.57. The van der Waals surface area contributed by atoms with Gasteiger partial charge in [0.05, 0.1) is 6.61 Å². The topological polar surface area (TPSA) is 58.6 Å². The first kappa shape index (κ1) is 10.5. The van der Waals surface area contributed by atoms with Crippen molar-refractivity contribution in [2.45, 2.75) is 26.4 Å². The molecular weight excluding hydrogens is 170 g/mol. The van der Waals surface area contributed by atoms with Crippen molar-refractivity contribution in [3.05, 3.63) is 0 Å². The van der Waals surface area contributed by atoms with Crippen molar-refractivity contribution in [1.82, 2.24) is 5.32 Å². The fourth-order valence-corrected chi connectivity index (χ4v) is 1.30. The predicted molar refractivity (Wildman–Crippen MR) is 48.2 cm³/mol. The predicted octanol–water partition coefficient (Wildman–Crippen LogP) is -0.0900. The van der Waals surface area contributed by atoms with Crippen molar-refractivity contribution in [2.75, 3.05) is 19.8 Å². The van der Waals surface area contributed by atoms with E-state index < -0.39 is 6.10 Å². The summed E-state index contributed by atoms with van der Waals surface area (Å²) >= 11 is 0. The number of hydrogen-bond acceptors (Lipinski definition) is 3. The van der Waals surface area contributed by atoms with Crippen molar-refractivity contribution in [3.63, 3.8) is 0 Å². The Morgan fingerprint density at radius 3 is 2.92 bits per heavy atom. The summed E-state index contributed by atoms with van der Waals surface area (Å²) in [6.45, 7) is 5.57. The van der Waals surface area contributed by atoms with Crippen LogP contribution < -0.4 is 5.32 Å². The zero-order valence-electron chi connectivity index (χ0n) is 8.17. The molecule has 13 heavy (non-hydrogen) atoms. The van der Waals surface area contributed by atoms with E-state index in [0.29, 0.717) is 13.2 Å². The molecule has 0 aromatic heterocycles. The second-order valence-corrected chi connectivity index (χ2v) is 4.01. The zero-order valence-corrected chi connectivity index (χ0v) is 8.17. The SMILES string of the molecule is C[C@@H](O)C(=O)NCC1(C)CCOC1. The summed E-state index contributed by atoms with van der Waals surface area (Å²) in [4.78, 5) is 11.0. The minimum absolute atomic E-state index is 0.0462. The molecule has 76 valence electrons. The summed E-state index contributed by atoms with van der Waals surface area (Å²) in [5.41, 5.74) is 0.0462. The standard InChI is InChI=1S/C9H17NO3/c1-7(11)8(12)10-5-9(2)3-4-13-6-9/h7,11H,3-6H2,1-2H3,(H,10,12)/t7-,9?/m1/s1. The van der Waals surface area contributed by atoms with Crippen LogP contribution in [0.25, 0.3) is 0 Å². The van der Waals surface area contributed by atoms with Crippen LogP contribution in [0.2, 0.25) is 0 Å². The highest BCUT2D eigenvalue weighted by atomic mass is 16.5. The lowest BCUT2D eigenvalue weighted by Gasteiger charge is -2.22. The molecule has 4 nitrogen and oxygen atoms in total. The highest BCUT2D eigenvalue weighted by molar-refractivity contribution is 5.79. The number of carbonyl (C=O) groups is 1. The van der Waals surface area contributed by atoms with Crippen LogP contribution >= 0.6 is 0 Å². The molecule has 1 saturated heterocycles. The molecule has 0 aliphatic carbocycles. The number of ether oxygens (including phenoxy) is 1. The molecule has 4 heteroatoms. The first-order chi connectivity index (χ1) is 6.03. The molecule has 2 N–H and O–H groups in total. The van der Waals surface area contributed by atoms with Crippen molar-refractivity contribution in [2.24, 2.45) is 5.41 Å². The van der Waals surface area contributed by atoms with Gasteiger partial charge in [0, 0.05) is 18.6 Å². The van der Waals surface area contributed by atoms with Crippen LogP contribution in [0.1, 0.15) is 20.3 Å². The Kier molecular flexibility index (Phi) is 3.27. The lowest BCUT2D eigenvalue weighted by atomic mass is 9.90. The van der Waals surface area contributed by atoms with Crippen LogP contribution in [0.5, 0.6) is 0 Å². The highest BCUT2D eigenvalue weighted by Gasteiger charge is 2.30. The molecule has 0 radical (unpaired) electrons. The summed E-state index contributed by atoms with van der Waals surface area (Å²) in [6, 6.07) is 0. The van der Waals surface area contributed by atoms with E-state index in [4.69, 9.17) is 9.84 Å². The van der Waals surface area contributed by atoms with E-state index in [1.165, 1.54) is 6.92 Å². The van der Waals surface area contributed by atoms with E-state index in [-0.39, 0.29) is 11.3 Å². The molecule has 1 heterocycles. The summed E-state index contributed by atoms with van der Waals surface area (Å²) in [7, 11) is 0. The van der Waals surface area contributed by atoms with E-state index in [1.807, 2.05) is 0 Å². The third-order valence-corrected chi connectivity index (χ3v) is 2.37. The lowest BCUT2D eigenvalue weighted by molar-refractivity contribution is -0.128. The molecule has 1 amide bonds. The van der Waals surface area contributed by atoms with Gasteiger partial charge in [0.25, 0.3) is 0 Å². The highest BCUT2D eigenvalue weighted by Crippen LogP contribution is 2.26. The molecule has 1 aliphatic rings. The fourth-order valence-electron chi connectivity index (χ4n) is 1.30.